The van der Waals surface area contributed by atoms with Crippen molar-refractivity contribution < 1.29 is 4.79 Å². The Morgan fingerprint density at radius 2 is 2.05 bits per heavy atom. The molecule has 3 N–H and O–H groups in total. The van der Waals surface area contributed by atoms with E-state index in [2.05, 4.69) is 60.7 Å². The Morgan fingerprint density at radius 3 is 2.68 bits per heavy atom. The normalized spacial score (nSPS) is 12.2. The first kappa shape index (κ1) is 18.5. The van der Waals surface area contributed by atoms with Crippen molar-refractivity contribution in [3.8, 4) is 11.5 Å². The predicted octanol–water partition coefficient (Wildman–Crippen LogP) is 2.70. The van der Waals surface area contributed by atoms with E-state index in [9.17, 15) is 4.79 Å². The average Bonchev–Trinajstić information content (AvgIpc) is 2.44. The molecule has 1 rings (SSSR count). The summed E-state index contributed by atoms with van der Waals surface area (Å²) in [6.45, 7) is 9.14. The van der Waals surface area contributed by atoms with Gasteiger partial charge in [-0.2, -0.15) is 0 Å². The Labute approximate surface area is 135 Å². The lowest BCUT2D eigenvalue weighted by atomic mass is 10.1. The molecule has 0 aliphatic heterocycles. The van der Waals surface area contributed by atoms with Crippen molar-refractivity contribution in [3.05, 3.63) is 35.4 Å². The summed E-state index contributed by atoms with van der Waals surface area (Å²) >= 11 is 0. The molecule has 0 aromatic heterocycles. The van der Waals surface area contributed by atoms with E-state index in [4.69, 9.17) is 5.73 Å². The van der Waals surface area contributed by atoms with Gasteiger partial charge < -0.3 is 11.1 Å². The third kappa shape index (κ3) is 8.01. The Morgan fingerprint density at radius 1 is 1.32 bits per heavy atom. The number of nitrogens with two attached hydrogens (primary N) is 1. The molecule has 0 radical (unpaired) electrons. The lowest BCUT2D eigenvalue weighted by molar-refractivity contribution is -0.121. The van der Waals surface area contributed by atoms with Crippen LogP contribution in [0.25, 0.3) is 0 Å². The van der Waals surface area contributed by atoms with Crippen molar-refractivity contribution in [2.45, 2.75) is 51.9 Å². The standard InChI is InChI=1S/C18H28N2OSi/c1-15(19)18(21)20-12-6-5-8-16-9-7-10-17(14-16)11-13-22(2,3)4/h7,9-10,14-15H,5-6,8,12,19H2,1-4H3,(H,20,21)/t15-/m0/s1. The second-order valence-electron chi connectivity index (χ2n) is 6.74. The fourth-order valence-corrected chi connectivity index (χ4v) is 2.41. The Bertz CT molecular complexity index is 550. The number of hydrogen-bond acceptors (Lipinski definition) is 2. The number of unbranched alkanes of at least 4 members (excludes halogenated alkanes) is 1. The van der Waals surface area contributed by atoms with E-state index in [1.165, 1.54) is 5.56 Å². The van der Waals surface area contributed by atoms with Crippen LogP contribution in [-0.2, 0) is 11.2 Å². The monoisotopic (exact) mass is 316 g/mol. The molecule has 0 saturated carbocycles. The van der Waals surface area contributed by atoms with Crippen LogP contribution in [-0.4, -0.2) is 26.6 Å². The molecule has 0 heterocycles. The fraction of sp³-hybridized carbons (Fsp3) is 0.500. The van der Waals surface area contributed by atoms with Crippen LogP contribution in [0.1, 0.15) is 30.9 Å². The molecule has 0 bridgehead atoms. The molecule has 0 unspecified atom stereocenters. The molecule has 1 atom stereocenters. The van der Waals surface area contributed by atoms with Gasteiger partial charge in [-0.15, -0.1) is 5.54 Å². The van der Waals surface area contributed by atoms with E-state index in [-0.39, 0.29) is 5.91 Å². The number of amides is 1. The van der Waals surface area contributed by atoms with Gasteiger partial charge in [0, 0.05) is 12.1 Å². The maximum absolute atomic E-state index is 11.3. The number of nitrogens with one attached hydrogen (secondary N) is 1. The van der Waals surface area contributed by atoms with E-state index in [0.717, 1.165) is 24.8 Å². The molecule has 1 aromatic rings. The van der Waals surface area contributed by atoms with Gasteiger partial charge in [0.25, 0.3) is 0 Å². The zero-order chi connectivity index (χ0) is 16.6. The number of rotatable bonds is 6. The Kier molecular flexibility index (Phi) is 7.36. The molecule has 3 nitrogen and oxygen atoms in total. The van der Waals surface area contributed by atoms with Gasteiger partial charge in [0.15, 0.2) is 0 Å². The van der Waals surface area contributed by atoms with Crippen molar-refractivity contribution in [3.63, 3.8) is 0 Å². The van der Waals surface area contributed by atoms with Crippen LogP contribution < -0.4 is 11.1 Å². The minimum Gasteiger partial charge on any atom is -0.355 e. The maximum atomic E-state index is 11.3. The summed E-state index contributed by atoms with van der Waals surface area (Å²) in [5.74, 6) is 3.21. The first-order chi connectivity index (χ1) is 10.3. The molecule has 4 heteroatoms. The minimum atomic E-state index is -1.33. The van der Waals surface area contributed by atoms with Gasteiger partial charge in [-0.1, -0.05) is 37.7 Å². The summed E-state index contributed by atoms with van der Waals surface area (Å²) in [7, 11) is -1.33. The van der Waals surface area contributed by atoms with Crippen LogP contribution in [0.5, 0.6) is 0 Å². The first-order valence-corrected chi connectivity index (χ1v) is 11.4. The molecule has 1 aromatic carbocycles. The number of aryl methyl sites for hydroxylation is 1. The summed E-state index contributed by atoms with van der Waals surface area (Å²) in [6.07, 6.45) is 3.02. The van der Waals surface area contributed by atoms with Gasteiger partial charge in [-0.3, -0.25) is 4.79 Å². The fourth-order valence-electron chi connectivity index (χ4n) is 1.89. The molecule has 0 spiro atoms. The highest BCUT2D eigenvalue weighted by molar-refractivity contribution is 6.83. The molecular formula is C18H28N2OSi. The number of hydrogen-bond donors (Lipinski definition) is 2. The second kappa shape index (κ2) is 8.77. The van der Waals surface area contributed by atoms with E-state index >= 15 is 0 Å². The third-order valence-electron chi connectivity index (χ3n) is 3.11. The first-order valence-electron chi connectivity index (χ1n) is 7.93. The van der Waals surface area contributed by atoms with Crippen LogP contribution in [0, 0.1) is 11.5 Å². The quantitative estimate of drug-likeness (QED) is 0.482. The smallest absolute Gasteiger partial charge is 0.236 e. The number of carbonyl (C=O) groups excluding carboxylic acids is 1. The van der Waals surface area contributed by atoms with Gasteiger partial charge in [0.05, 0.1) is 6.04 Å². The van der Waals surface area contributed by atoms with Gasteiger partial charge in [0.1, 0.15) is 8.07 Å². The lowest BCUT2D eigenvalue weighted by Crippen LogP contribution is -2.38. The SMILES string of the molecule is C[C@H](N)C(=O)NCCCCc1cccc(C#C[Si](C)(C)C)c1. The van der Waals surface area contributed by atoms with Crippen molar-refractivity contribution in [1.82, 2.24) is 5.32 Å². The van der Waals surface area contributed by atoms with Crippen LogP contribution in [0.15, 0.2) is 24.3 Å². The van der Waals surface area contributed by atoms with Gasteiger partial charge >= 0.3 is 0 Å². The highest BCUT2D eigenvalue weighted by Crippen LogP contribution is 2.08. The summed E-state index contributed by atoms with van der Waals surface area (Å²) < 4.78 is 0. The van der Waals surface area contributed by atoms with Crippen molar-refractivity contribution in [2.75, 3.05) is 6.54 Å². The highest BCUT2D eigenvalue weighted by Gasteiger charge is 2.07. The van der Waals surface area contributed by atoms with Crippen molar-refractivity contribution in [2.24, 2.45) is 5.73 Å². The second-order valence-corrected chi connectivity index (χ2v) is 11.5. The lowest BCUT2D eigenvalue weighted by Gasteiger charge is -2.07. The molecule has 1 amide bonds. The summed E-state index contributed by atoms with van der Waals surface area (Å²) in [5, 5.41) is 2.83. The summed E-state index contributed by atoms with van der Waals surface area (Å²) in [4.78, 5) is 11.3. The zero-order valence-electron chi connectivity index (χ0n) is 14.2. The molecule has 0 aliphatic rings. The van der Waals surface area contributed by atoms with Crippen molar-refractivity contribution >= 4 is 14.0 Å². The van der Waals surface area contributed by atoms with Crippen LogP contribution in [0.4, 0.5) is 0 Å². The van der Waals surface area contributed by atoms with Crippen LogP contribution >= 0.6 is 0 Å². The molecule has 0 saturated heterocycles. The number of carbonyl (C=O) groups is 1. The molecular weight excluding hydrogens is 288 g/mol. The van der Waals surface area contributed by atoms with Crippen LogP contribution in [0.2, 0.25) is 19.6 Å². The van der Waals surface area contributed by atoms with Crippen molar-refractivity contribution in [1.29, 1.82) is 0 Å². The van der Waals surface area contributed by atoms with Crippen LogP contribution in [0.3, 0.4) is 0 Å². The predicted molar refractivity (Wildman–Crippen MR) is 96.3 cm³/mol. The van der Waals surface area contributed by atoms with E-state index in [1.54, 1.807) is 6.92 Å². The topological polar surface area (TPSA) is 55.1 Å². The summed E-state index contributed by atoms with van der Waals surface area (Å²) in [5.41, 5.74) is 11.3. The molecule has 0 fully saturated rings. The van der Waals surface area contributed by atoms with Gasteiger partial charge in [-0.05, 0) is 43.9 Å². The largest absolute Gasteiger partial charge is 0.355 e. The third-order valence-corrected chi connectivity index (χ3v) is 3.99. The highest BCUT2D eigenvalue weighted by atomic mass is 28.3. The van der Waals surface area contributed by atoms with E-state index < -0.39 is 14.1 Å². The maximum Gasteiger partial charge on any atom is 0.236 e. The zero-order valence-corrected chi connectivity index (χ0v) is 15.2. The molecule has 0 aliphatic carbocycles. The summed E-state index contributed by atoms with van der Waals surface area (Å²) in [6, 6.07) is 8.02. The molecule has 120 valence electrons. The van der Waals surface area contributed by atoms with E-state index in [0.29, 0.717) is 6.54 Å². The Hall–Kier alpha value is -1.57. The molecule has 22 heavy (non-hydrogen) atoms. The van der Waals surface area contributed by atoms with Gasteiger partial charge in [-0.25, -0.2) is 0 Å². The van der Waals surface area contributed by atoms with Gasteiger partial charge in [0.2, 0.25) is 5.91 Å². The average molecular weight is 317 g/mol. The van der Waals surface area contributed by atoms with E-state index in [1.807, 2.05) is 0 Å². The number of benzene rings is 1. The Balaban J connectivity index is 2.41. The minimum absolute atomic E-state index is 0.0800.